The zero-order valence-corrected chi connectivity index (χ0v) is 19.0. The van der Waals surface area contributed by atoms with Gasteiger partial charge < -0.3 is 14.4 Å². The molecule has 0 spiro atoms. The smallest absolute Gasteiger partial charge is 0.132 e. The van der Waals surface area contributed by atoms with Crippen LogP contribution in [-0.2, 0) is 6.54 Å². The number of nitrogens with zero attached hydrogens (tertiary/aromatic N) is 3. The Morgan fingerprint density at radius 3 is 2.53 bits per heavy atom. The number of anilines is 1. The van der Waals surface area contributed by atoms with Gasteiger partial charge in [-0.05, 0) is 43.2 Å². The molecule has 30 heavy (non-hydrogen) atoms. The number of aromatic nitrogens is 1. The van der Waals surface area contributed by atoms with Gasteiger partial charge in [0.15, 0.2) is 0 Å². The van der Waals surface area contributed by atoms with Crippen molar-refractivity contribution in [3.05, 3.63) is 58.6 Å². The first-order chi connectivity index (χ1) is 14.6. The summed E-state index contributed by atoms with van der Waals surface area (Å²) in [5.41, 5.74) is 6.25. The van der Waals surface area contributed by atoms with Crippen molar-refractivity contribution in [3.63, 3.8) is 0 Å². The molecule has 0 saturated carbocycles. The molecule has 0 amide bonds. The fourth-order valence-corrected chi connectivity index (χ4v) is 4.77. The lowest BCUT2D eigenvalue weighted by atomic mass is 10.1. The standard InChI is InChI=1S/C24H29N3O2S/c1-17-6-5-7-22(18(17)2)27-12-10-26(11-13-27)15-19-16-30-24(25-19)21-9-8-20(28-3)14-23(21)29-4/h5-9,14,16H,10-13,15H2,1-4H3. The zero-order valence-electron chi connectivity index (χ0n) is 18.1. The molecule has 5 nitrogen and oxygen atoms in total. The molecule has 6 heteroatoms. The van der Waals surface area contributed by atoms with E-state index in [0.29, 0.717) is 0 Å². The summed E-state index contributed by atoms with van der Waals surface area (Å²) in [6.07, 6.45) is 0. The van der Waals surface area contributed by atoms with Gasteiger partial charge in [0.05, 0.1) is 25.5 Å². The molecule has 0 N–H and O–H groups in total. The molecule has 1 aliphatic heterocycles. The molecule has 2 aromatic carbocycles. The first kappa shape index (κ1) is 20.7. The summed E-state index contributed by atoms with van der Waals surface area (Å²) in [5, 5.41) is 3.15. The lowest BCUT2D eigenvalue weighted by Crippen LogP contribution is -2.46. The Kier molecular flexibility index (Phi) is 6.25. The Morgan fingerprint density at radius 1 is 1.00 bits per heavy atom. The zero-order chi connectivity index (χ0) is 21.1. The monoisotopic (exact) mass is 423 g/mol. The molecule has 0 unspecified atom stereocenters. The van der Waals surface area contributed by atoms with Crippen LogP contribution in [0.15, 0.2) is 41.8 Å². The Hall–Kier alpha value is -2.57. The third-order valence-corrected chi connectivity index (χ3v) is 6.79. The maximum Gasteiger partial charge on any atom is 0.132 e. The fourth-order valence-electron chi connectivity index (χ4n) is 3.93. The number of methoxy groups -OCH3 is 2. The van der Waals surface area contributed by atoms with Gasteiger partial charge in [-0.25, -0.2) is 4.98 Å². The van der Waals surface area contributed by atoms with E-state index in [1.54, 1.807) is 25.6 Å². The van der Waals surface area contributed by atoms with Crippen LogP contribution in [0.25, 0.3) is 10.6 Å². The summed E-state index contributed by atoms with van der Waals surface area (Å²) in [4.78, 5) is 9.88. The quantitative estimate of drug-likeness (QED) is 0.571. The number of hydrogen-bond donors (Lipinski definition) is 0. The van der Waals surface area contributed by atoms with Crippen molar-refractivity contribution in [2.24, 2.45) is 0 Å². The van der Waals surface area contributed by atoms with E-state index < -0.39 is 0 Å². The first-order valence-corrected chi connectivity index (χ1v) is 11.2. The number of aryl methyl sites for hydroxylation is 1. The fraction of sp³-hybridized carbons (Fsp3) is 0.375. The summed E-state index contributed by atoms with van der Waals surface area (Å²) in [6, 6.07) is 12.5. The predicted octanol–water partition coefficient (Wildman–Crippen LogP) is 4.77. The minimum Gasteiger partial charge on any atom is -0.497 e. The topological polar surface area (TPSA) is 37.8 Å². The molecule has 0 radical (unpaired) electrons. The molecule has 0 atom stereocenters. The van der Waals surface area contributed by atoms with E-state index >= 15 is 0 Å². The largest absolute Gasteiger partial charge is 0.497 e. The second-order valence-corrected chi connectivity index (χ2v) is 8.55. The van der Waals surface area contributed by atoms with E-state index in [4.69, 9.17) is 14.5 Å². The molecule has 1 aromatic heterocycles. The van der Waals surface area contributed by atoms with Gasteiger partial charge in [0, 0.05) is 49.9 Å². The van der Waals surface area contributed by atoms with Gasteiger partial charge in [-0.1, -0.05) is 12.1 Å². The van der Waals surface area contributed by atoms with Crippen LogP contribution in [0.5, 0.6) is 11.5 Å². The number of piperazine rings is 1. The molecule has 0 aliphatic carbocycles. The van der Waals surface area contributed by atoms with Crippen LogP contribution >= 0.6 is 11.3 Å². The number of thiazole rings is 1. The third kappa shape index (κ3) is 4.30. The molecule has 1 saturated heterocycles. The minimum absolute atomic E-state index is 0.786. The lowest BCUT2D eigenvalue weighted by Gasteiger charge is -2.36. The van der Waals surface area contributed by atoms with Gasteiger partial charge in [0.1, 0.15) is 16.5 Å². The summed E-state index contributed by atoms with van der Waals surface area (Å²) in [6.45, 7) is 9.49. The number of ether oxygens (including phenoxy) is 2. The van der Waals surface area contributed by atoms with Crippen LogP contribution in [0.4, 0.5) is 5.69 Å². The average molecular weight is 424 g/mol. The molecule has 0 bridgehead atoms. The van der Waals surface area contributed by atoms with E-state index in [1.165, 1.54) is 16.8 Å². The number of rotatable bonds is 6. The molecular formula is C24H29N3O2S. The van der Waals surface area contributed by atoms with Crippen LogP contribution in [0, 0.1) is 13.8 Å². The third-order valence-electron chi connectivity index (χ3n) is 5.87. The highest BCUT2D eigenvalue weighted by Gasteiger charge is 2.20. The predicted molar refractivity (Wildman–Crippen MR) is 124 cm³/mol. The van der Waals surface area contributed by atoms with Crippen molar-refractivity contribution in [2.75, 3.05) is 45.3 Å². The SMILES string of the molecule is COc1ccc(-c2nc(CN3CCN(c4cccc(C)c4C)CC3)cs2)c(OC)c1. The average Bonchev–Trinajstić information content (AvgIpc) is 3.24. The van der Waals surface area contributed by atoms with Crippen LogP contribution in [-0.4, -0.2) is 50.3 Å². The molecule has 1 aliphatic rings. The highest BCUT2D eigenvalue weighted by Crippen LogP contribution is 2.35. The highest BCUT2D eigenvalue weighted by molar-refractivity contribution is 7.13. The van der Waals surface area contributed by atoms with Crippen LogP contribution in [0.3, 0.4) is 0 Å². The van der Waals surface area contributed by atoms with Crippen molar-refractivity contribution in [1.29, 1.82) is 0 Å². The summed E-state index contributed by atoms with van der Waals surface area (Å²) >= 11 is 1.67. The van der Waals surface area contributed by atoms with Gasteiger partial charge >= 0.3 is 0 Å². The molecule has 3 aromatic rings. The van der Waals surface area contributed by atoms with E-state index in [0.717, 1.165) is 60.5 Å². The Labute approximate surface area is 182 Å². The molecule has 4 rings (SSSR count). The van der Waals surface area contributed by atoms with Gasteiger partial charge in [0.2, 0.25) is 0 Å². The van der Waals surface area contributed by atoms with Gasteiger partial charge in [-0.2, -0.15) is 0 Å². The van der Waals surface area contributed by atoms with Crippen LogP contribution < -0.4 is 14.4 Å². The molecule has 2 heterocycles. The van der Waals surface area contributed by atoms with E-state index in [9.17, 15) is 0 Å². The van der Waals surface area contributed by atoms with Crippen LogP contribution in [0.2, 0.25) is 0 Å². The van der Waals surface area contributed by atoms with Crippen molar-refractivity contribution in [2.45, 2.75) is 20.4 Å². The Balaban J connectivity index is 1.40. The molecule has 158 valence electrons. The number of benzene rings is 2. The summed E-state index contributed by atoms with van der Waals surface area (Å²) in [7, 11) is 3.35. The second-order valence-electron chi connectivity index (χ2n) is 7.69. The van der Waals surface area contributed by atoms with Crippen molar-refractivity contribution >= 4 is 17.0 Å². The molecule has 1 fully saturated rings. The van der Waals surface area contributed by atoms with Gasteiger partial charge in [0.25, 0.3) is 0 Å². The minimum atomic E-state index is 0.786. The first-order valence-electron chi connectivity index (χ1n) is 10.3. The second kappa shape index (κ2) is 9.06. The van der Waals surface area contributed by atoms with Gasteiger partial charge in [-0.3, -0.25) is 4.90 Å². The molecular weight excluding hydrogens is 394 g/mol. The van der Waals surface area contributed by atoms with Crippen LogP contribution in [0.1, 0.15) is 16.8 Å². The van der Waals surface area contributed by atoms with Crippen molar-refractivity contribution in [1.82, 2.24) is 9.88 Å². The lowest BCUT2D eigenvalue weighted by molar-refractivity contribution is 0.247. The van der Waals surface area contributed by atoms with Crippen molar-refractivity contribution in [3.8, 4) is 22.1 Å². The number of hydrogen-bond acceptors (Lipinski definition) is 6. The Morgan fingerprint density at radius 2 is 1.80 bits per heavy atom. The normalized spacial score (nSPS) is 14.7. The summed E-state index contributed by atoms with van der Waals surface area (Å²) < 4.78 is 10.8. The van der Waals surface area contributed by atoms with E-state index in [1.807, 2.05) is 18.2 Å². The maximum atomic E-state index is 5.54. The van der Waals surface area contributed by atoms with Gasteiger partial charge in [-0.15, -0.1) is 11.3 Å². The maximum absolute atomic E-state index is 5.54. The van der Waals surface area contributed by atoms with E-state index in [2.05, 4.69) is 47.2 Å². The Bertz CT molecular complexity index is 1010. The highest BCUT2D eigenvalue weighted by atomic mass is 32.1. The summed E-state index contributed by atoms with van der Waals surface area (Å²) in [5.74, 6) is 1.58. The van der Waals surface area contributed by atoms with Crippen molar-refractivity contribution < 1.29 is 9.47 Å². The van der Waals surface area contributed by atoms with E-state index in [-0.39, 0.29) is 0 Å².